The molecule has 7 N–H and O–H groups in total. The van der Waals surface area contributed by atoms with Crippen LogP contribution in [0.15, 0.2) is 60.4 Å². The van der Waals surface area contributed by atoms with Gasteiger partial charge in [0.15, 0.2) is 11.3 Å². The number of fused-ring (bicyclic) bond motifs is 1. The van der Waals surface area contributed by atoms with E-state index in [1.54, 1.807) is 28.9 Å². The van der Waals surface area contributed by atoms with Gasteiger partial charge in [0.25, 0.3) is 5.91 Å². The Balaban J connectivity index is 2.08. The summed E-state index contributed by atoms with van der Waals surface area (Å²) >= 11 is 0. The molecule has 7 nitrogen and oxygen atoms in total. The van der Waals surface area contributed by atoms with E-state index in [4.69, 9.17) is 17.2 Å². The summed E-state index contributed by atoms with van der Waals surface area (Å²) in [5.41, 5.74) is 17.3. The van der Waals surface area contributed by atoms with E-state index in [1.165, 1.54) is 6.92 Å². The minimum absolute atomic E-state index is 0.0651. The number of hydrogen-bond donors (Lipinski definition) is 4. The molecule has 0 saturated heterocycles. The number of carbonyl (C=O) groups is 1. The predicted molar refractivity (Wildman–Crippen MR) is 104 cm³/mol. The van der Waals surface area contributed by atoms with Gasteiger partial charge in [-0.15, -0.1) is 0 Å². The normalized spacial score (nSPS) is 13.6. The topological polar surface area (TPSA) is 133 Å². The second-order valence-electron chi connectivity index (χ2n) is 6.14. The number of primary amides is 1. The van der Waals surface area contributed by atoms with Gasteiger partial charge < -0.3 is 22.3 Å². The number of aromatic nitrogens is 2. The highest BCUT2D eigenvalue weighted by atomic mass is 16.3. The Morgan fingerprint density at radius 1 is 1.22 bits per heavy atom. The fourth-order valence-electron chi connectivity index (χ4n) is 2.59. The molecule has 1 atom stereocenters. The number of aliphatic hydroxyl groups is 1. The summed E-state index contributed by atoms with van der Waals surface area (Å²) in [4.78, 5) is 11.7. The van der Waals surface area contributed by atoms with Crippen LogP contribution in [0.4, 0.5) is 0 Å². The van der Waals surface area contributed by atoms with Crippen LogP contribution in [0, 0.1) is 11.8 Å². The number of rotatable bonds is 3. The minimum Gasteiger partial charge on any atom is -0.403 e. The van der Waals surface area contributed by atoms with Crippen LogP contribution in [0.25, 0.3) is 16.6 Å². The second kappa shape index (κ2) is 6.86. The number of carbonyl (C=O) groups excluding carboxylic acids is 1. The van der Waals surface area contributed by atoms with Crippen LogP contribution in [0.5, 0.6) is 0 Å². The molecule has 3 aromatic rings. The zero-order chi connectivity index (χ0) is 19.6. The van der Waals surface area contributed by atoms with Gasteiger partial charge in [-0.05, 0) is 31.2 Å². The van der Waals surface area contributed by atoms with Crippen LogP contribution in [0.3, 0.4) is 0 Å². The third kappa shape index (κ3) is 3.47. The molecule has 0 bridgehead atoms. The monoisotopic (exact) mass is 361 g/mol. The number of para-hydroxylation sites is 1. The van der Waals surface area contributed by atoms with Crippen molar-refractivity contribution in [1.29, 1.82) is 0 Å². The highest BCUT2D eigenvalue weighted by molar-refractivity contribution is 6.04. The summed E-state index contributed by atoms with van der Waals surface area (Å²) in [7, 11) is 0. The van der Waals surface area contributed by atoms with Crippen molar-refractivity contribution in [3.63, 3.8) is 0 Å². The van der Waals surface area contributed by atoms with Gasteiger partial charge in [0, 0.05) is 17.1 Å². The Morgan fingerprint density at radius 2 is 1.96 bits per heavy atom. The lowest BCUT2D eigenvalue weighted by molar-refractivity contribution is 0.0996. The molecule has 1 amide bonds. The molecule has 3 rings (SSSR count). The molecule has 1 heterocycles. The van der Waals surface area contributed by atoms with Gasteiger partial charge in [-0.3, -0.25) is 4.79 Å². The maximum absolute atomic E-state index is 11.7. The highest BCUT2D eigenvalue weighted by Crippen LogP contribution is 2.22. The maximum Gasteiger partial charge on any atom is 0.269 e. The smallest absolute Gasteiger partial charge is 0.269 e. The SMILES string of the molecule is CC(O)(C#Cc1cccc(-n2nc(C(N)=O)c3ccccc32)c1)/C(N)=C/N. The average Bonchev–Trinajstić information content (AvgIpc) is 3.06. The Kier molecular flexibility index (Phi) is 4.59. The molecule has 0 aliphatic carbocycles. The van der Waals surface area contributed by atoms with Crippen LogP contribution in [-0.4, -0.2) is 26.4 Å². The van der Waals surface area contributed by atoms with Crippen LogP contribution < -0.4 is 17.2 Å². The number of benzene rings is 2. The van der Waals surface area contributed by atoms with E-state index in [9.17, 15) is 9.90 Å². The molecular weight excluding hydrogens is 342 g/mol. The second-order valence-corrected chi connectivity index (χ2v) is 6.14. The molecule has 1 aromatic heterocycles. The Hall–Kier alpha value is -3.76. The highest BCUT2D eigenvalue weighted by Gasteiger charge is 2.20. The van der Waals surface area contributed by atoms with E-state index in [-0.39, 0.29) is 11.4 Å². The molecule has 0 spiro atoms. The van der Waals surface area contributed by atoms with E-state index < -0.39 is 11.5 Å². The first kappa shape index (κ1) is 18.0. The molecule has 27 heavy (non-hydrogen) atoms. The van der Waals surface area contributed by atoms with Crippen molar-refractivity contribution >= 4 is 16.8 Å². The van der Waals surface area contributed by atoms with Gasteiger partial charge in [0.1, 0.15) is 0 Å². The maximum atomic E-state index is 11.7. The molecule has 0 aliphatic rings. The first-order valence-electron chi connectivity index (χ1n) is 8.15. The van der Waals surface area contributed by atoms with Crippen LogP contribution in [0.1, 0.15) is 23.0 Å². The summed E-state index contributed by atoms with van der Waals surface area (Å²) < 4.78 is 1.63. The third-order valence-electron chi connectivity index (χ3n) is 4.10. The zero-order valence-corrected chi connectivity index (χ0v) is 14.7. The fraction of sp³-hybridized carbons (Fsp3) is 0.100. The average molecular weight is 361 g/mol. The molecule has 0 aliphatic heterocycles. The van der Waals surface area contributed by atoms with E-state index in [0.29, 0.717) is 16.6 Å². The Morgan fingerprint density at radius 3 is 2.67 bits per heavy atom. The van der Waals surface area contributed by atoms with Gasteiger partial charge >= 0.3 is 0 Å². The van der Waals surface area contributed by atoms with Crippen molar-refractivity contribution in [1.82, 2.24) is 9.78 Å². The van der Waals surface area contributed by atoms with Crippen LogP contribution in [0.2, 0.25) is 0 Å². The van der Waals surface area contributed by atoms with Crippen molar-refractivity contribution in [3.05, 3.63) is 71.7 Å². The van der Waals surface area contributed by atoms with E-state index in [0.717, 1.165) is 11.7 Å². The Labute approximate surface area is 156 Å². The first-order valence-corrected chi connectivity index (χ1v) is 8.15. The van der Waals surface area contributed by atoms with Crippen molar-refractivity contribution in [2.24, 2.45) is 17.2 Å². The van der Waals surface area contributed by atoms with Crippen molar-refractivity contribution in [2.45, 2.75) is 12.5 Å². The van der Waals surface area contributed by atoms with Gasteiger partial charge in [0.2, 0.25) is 0 Å². The van der Waals surface area contributed by atoms with Crippen molar-refractivity contribution in [2.75, 3.05) is 0 Å². The molecule has 0 saturated carbocycles. The molecule has 0 radical (unpaired) electrons. The van der Waals surface area contributed by atoms with E-state index in [2.05, 4.69) is 16.9 Å². The number of nitrogens with two attached hydrogens (primary N) is 3. The van der Waals surface area contributed by atoms with Crippen LogP contribution in [-0.2, 0) is 0 Å². The largest absolute Gasteiger partial charge is 0.403 e. The summed E-state index contributed by atoms with van der Waals surface area (Å²) in [5, 5.41) is 15.2. The summed E-state index contributed by atoms with van der Waals surface area (Å²) in [6.45, 7) is 1.46. The lowest BCUT2D eigenvalue weighted by atomic mass is 10.0. The van der Waals surface area contributed by atoms with Crippen LogP contribution >= 0.6 is 0 Å². The third-order valence-corrected chi connectivity index (χ3v) is 4.10. The predicted octanol–water partition coefficient (Wildman–Crippen LogP) is 0.986. The lowest BCUT2D eigenvalue weighted by Gasteiger charge is -2.15. The first-order chi connectivity index (χ1) is 12.8. The van der Waals surface area contributed by atoms with Gasteiger partial charge in [0.05, 0.1) is 16.9 Å². The fourth-order valence-corrected chi connectivity index (χ4v) is 2.59. The van der Waals surface area contributed by atoms with Crippen molar-refractivity contribution in [3.8, 4) is 17.5 Å². The minimum atomic E-state index is -1.54. The van der Waals surface area contributed by atoms with Crippen molar-refractivity contribution < 1.29 is 9.90 Å². The quantitative estimate of drug-likeness (QED) is 0.516. The van der Waals surface area contributed by atoms with E-state index in [1.807, 2.05) is 24.3 Å². The van der Waals surface area contributed by atoms with Gasteiger partial charge in [-0.1, -0.05) is 36.1 Å². The number of hydrogen-bond acceptors (Lipinski definition) is 5. The summed E-state index contributed by atoms with van der Waals surface area (Å²) in [6, 6.07) is 14.5. The van der Waals surface area contributed by atoms with Gasteiger partial charge in [-0.2, -0.15) is 5.10 Å². The molecule has 1 unspecified atom stereocenters. The zero-order valence-electron chi connectivity index (χ0n) is 14.7. The number of amides is 1. The molecule has 7 heteroatoms. The standard InChI is InChI=1S/C20H19N5O2/c1-20(27,17(22)12-21)10-9-13-5-4-6-14(11-13)25-16-8-3-2-7-15(16)18(24-25)19(23)26/h2-8,11-12,27H,21-22H2,1H3,(H2,23,26)/b17-12-. The molecule has 136 valence electrons. The molecule has 0 fully saturated rings. The lowest BCUT2D eigenvalue weighted by Crippen LogP contribution is -2.30. The Bertz CT molecular complexity index is 1120. The van der Waals surface area contributed by atoms with E-state index >= 15 is 0 Å². The van der Waals surface area contributed by atoms with Gasteiger partial charge in [-0.25, -0.2) is 4.68 Å². The summed E-state index contributed by atoms with van der Waals surface area (Å²) in [6.07, 6.45) is 1.12. The number of nitrogens with zero attached hydrogens (tertiary/aromatic N) is 2. The molecular formula is C20H19N5O2. The summed E-state index contributed by atoms with van der Waals surface area (Å²) in [5.74, 6) is 4.98. The molecule has 2 aromatic carbocycles.